The molecule has 0 atom stereocenters. The number of halogens is 2. The minimum absolute atomic E-state index is 0.0438. The molecule has 0 saturated carbocycles. The zero-order valence-electron chi connectivity index (χ0n) is 11.4. The average Bonchev–Trinajstić information content (AvgIpc) is 2.36. The van der Waals surface area contributed by atoms with Crippen LogP contribution >= 0.6 is 11.6 Å². The second kappa shape index (κ2) is 5.19. The van der Waals surface area contributed by atoms with Crippen LogP contribution < -0.4 is 5.32 Å². The number of hydrogen-bond acceptors (Lipinski definition) is 1. The van der Waals surface area contributed by atoms with E-state index < -0.39 is 0 Å². The lowest BCUT2D eigenvalue weighted by Gasteiger charge is -2.44. The van der Waals surface area contributed by atoms with Crippen molar-refractivity contribution in [3.63, 3.8) is 0 Å². The van der Waals surface area contributed by atoms with Crippen LogP contribution in [0.1, 0.15) is 16.7 Å². The van der Waals surface area contributed by atoms with Gasteiger partial charge in [0.05, 0.1) is 0 Å². The summed E-state index contributed by atoms with van der Waals surface area (Å²) in [4.78, 5) is 0. The summed E-state index contributed by atoms with van der Waals surface area (Å²) in [7, 11) is 0. The van der Waals surface area contributed by atoms with Crippen LogP contribution in [0.4, 0.5) is 4.39 Å². The number of benzene rings is 2. The molecule has 1 fully saturated rings. The van der Waals surface area contributed by atoms with Crippen molar-refractivity contribution in [1.82, 2.24) is 5.32 Å². The maximum Gasteiger partial charge on any atom is 0.127 e. The first kappa shape index (κ1) is 13.6. The fourth-order valence-corrected chi connectivity index (χ4v) is 3.10. The van der Waals surface area contributed by atoms with E-state index in [0.29, 0.717) is 17.0 Å². The van der Waals surface area contributed by atoms with Crippen LogP contribution in [0.2, 0.25) is 5.02 Å². The Morgan fingerprint density at radius 3 is 2.55 bits per heavy atom. The molecule has 1 N–H and O–H groups in total. The molecule has 0 bridgehead atoms. The largest absolute Gasteiger partial charge is 0.315 e. The van der Waals surface area contributed by atoms with E-state index in [1.807, 2.05) is 0 Å². The quantitative estimate of drug-likeness (QED) is 0.904. The Kier molecular flexibility index (Phi) is 3.53. The lowest BCUT2D eigenvalue weighted by atomic mass is 9.70. The summed E-state index contributed by atoms with van der Waals surface area (Å²) in [5.41, 5.74) is 3.07. The molecule has 1 nitrogen and oxygen atoms in total. The maximum atomic E-state index is 14.0. The van der Waals surface area contributed by atoms with Gasteiger partial charge in [0, 0.05) is 29.1 Å². The molecule has 0 amide bonds. The Morgan fingerprint density at radius 2 is 1.95 bits per heavy atom. The smallest absolute Gasteiger partial charge is 0.127 e. The van der Waals surface area contributed by atoms with E-state index in [4.69, 9.17) is 11.6 Å². The van der Waals surface area contributed by atoms with Crippen molar-refractivity contribution in [1.29, 1.82) is 0 Å². The molecule has 2 aromatic rings. The fourth-order valence-electron chi connectivity index (χ4n) is 2.87. The van der Waals surface area contributed by atoms with Gasteiger partial charge < -0.3 is 5.32 Å². The highest BCUT2D eigenvalue weighted by atomic mass is 35.5. The molecule has 1 aliphatic rings. The zero-order valence-corrected chi connectivity index (χ0v) is 12.2. The van der Waals surface area contributed by atoms with Crippen molar-refractivity contribution >= 4 is 11.6 Å². The third kappa shape index (κ3) is 2.34. The summed E-state index contributed by atoms with van der Waals surface area (Å²) in [6.45, 7) is 3.81. The van der Waals surface area contributed by atoms with Gasteiger partial charge in [0.2, 0.25) is 0 Å². The van der Waals surface area contributed by atoms with Crippen LogP contribution in [0, 0.1) is 12.7 Å². The summed E-state index contributed by atoms with van der Waals surface area (Å²) >= 11 is 6.17. The van der Waals surface area contributed by atoms with Crippen LogP contribution in [-0.2, 0) is 11.8 Å². The van der Waals surface area contributed by atoms with E-state index >= 15 is 0 Å². The molecule has 0 aliphatic carbocycles. The summed E-state index contributed by atoms with van der Waals surface area (Å²) in [5, 5.41) is 3.83. The van der Waals surface area contributed by atoms with Gasteiger partial charge in [-0.1, -0.05) is 47.5 Å². The normalized spacial score (nSPS) is 16.8. The zero-order chi connectivity index (χ0) is 14.2. The van der Waals surface area contributed by atoms with Crippen molar-refractivity contribution in [2.45, 2.75) is 18.8 Å². The van der Waals surface area contributed by atoms with Crippen molar-refractivity contribution in [2.75, 3.05) is 13.1 Å². The van der Waals surface area contributed by atoms with Gasteiger partial charge in [0.25, 0.3) is 0 Å². The third-order valence-corrected chi connectivity index (χ3v) is 4.49. The fraction of sp³-hybridized carbons (Fsp3) is 0.294. The minimum atomic E-state index is -0.212. The highest BCUT2D eigenvalue weighted by molar-refractivity contribution is 6.31. The van der Waals surface area contributed by atoms with Crippen LogP contribution in [0.3, 0.4) is 0 Å². The van der Waals surface area contributed by atoms with E-state index in [1.54, 1.807) is 12.1 Å². The van der Waals surface area contributed by atoms with E-state index in [1.165, 1.54) is 17.2 Å². The third-order valence-electron chi connectivity index (χ3n) is 4.13. The second-order valence-electron chi connectivity index (χ2n) is 5.63. The van der Waals surface area contributed by atoms with Crippen LogP contribution in [0.25, 0.3) is 0 Å². The highest BCUT2D eigenvalue weighted by Crippen LogP contribution is 2.35. The van der Waals surface area contributed by atoms with Crippen LogP contribution in [0.5, 0.6) is 0 Å². The summed E-state index contributed by atoms with van der Waals surface area (Å²) in [6, 6.07) is 13.4. The van der Waals surface area contributed by atoms with Gasteiger partial charge in [-0.15, -0.1) is 0 Å². The van der Waals surface area contributed by atoms with E-state index in [9.17, 15) is 4.39 Å². The molecule has 2 aromatic carbocycles. The molecule has 0 radical (unpaired) electrons. The number of rotatable bonds is 3. The van der Waals surface area contributed by atoms with Gasteiger partial charge in [-0.05, 0) is 31.0 Å². The average molecular weight is 290 g/mol. The molecule has 0 spiro atoms. The molecule has 0 aromatic heterocycles. The van der Waals surface area contributed by atoms with Gasteiger partial charge in [0.15, 0.2) is 0 Å². The summed E-state index contributed by atoms with van der Waals surface area (Å²) in [5.74, 6) is -0.212. The molecule has 1 saturated heterocycles. The SMILES string of the molecule is Cc1cccc(C2(Cc3c(F)cccc3Cl)CNC2)c1. The molecule has 104 valence electrons. The Morgan fingerprint density at radius 1 is 1.20 bits per heavy atom. The minimum Gasteiger partial charge on any atom is -0.315 e. The standard InChI is InChI=1S/C17H17ClFN/c1-12-4-2-5-13(8-12)17(10-20-11-17)9-14-15(18)6-3-7-16(14)19/h2-8,20H,9-11H2,1H3. The molecule has 1 heterocycles. The van der Waals surface area contributed by atoms with Crippen molar-refractivity contribution in [3.05, 3.63) is 70.0 Å². The second-order valence-corrected chi connectivity index (χ2v) is 6.04. The van der Waals surface area contributed by atoms with Gasteiger partial charge in [0.1, 0.15) is 5.82 Å². The number of aryl methyl sites for hydroxylation is 1. The van der Waals surface area contributed by atoms with Gasteiger partial charge in [-0.3, -0.25) is 0 Å². The molecular weight excluding hydrogens is 273 g/mol. The number of nitrogens with one attached hydrogen (secondary N) is 1. The predicted octanol–water partition coefficient (Wildman–Crippen LogP) is 3.87. The van der Waals surface area contributed by atoms with Crippen molar-refractivity contribution in [2.24, 2.45) is 0 Å². The van der Waals surface area contributed by atoms with Gasteiger partial charge >= 0.3 is 0 Å². The Hall–Kier alpha value is -1.38. The Labute approximate surface area is 123 Å². The number of hydrogen-bond donors (Lipinski definition) is 1. The summed E-state index contributed by atoms with van der Waals surface area (Å²) in [6.07, 6.45) is 0.634. The van der Waals surface area contributed by atoms with Crippen molar-refractivity contribution in [3.8, 4) is 0 Å². The van der Waals surface area contributed by atoms with Gasteiger partial charge in [-0.25, -0.2) is 4.39 Å². The first-order valence-corrected chi connectivity index (χ1v) is 7.19. The maximum absolute atomic E-state index is 14.0. The Bertz CT molecular complexity index is 614. The lowest BCUT2D eigenvalue weighted by molar-refractivity contribution is 0.272. The molecule has 3 heteroatoms. The molecular formula is C17H17ClFN. The van der Waals surface area contributed by atoms with Crippen LogP contribution in [0.15, 0.2) is 42.5 Å². The monoisotopic (exact) mass is 289 g/mol. The van der Waals surface area contributed by atoms with E-state index in [0.717, 1.165) is 13.1 Å². The summed E-state index contributed by atoms with van der Waals surface area (Å²) < 4.78 is 14.0. The Balaban J connectivity index is 1.98. The molecule has 3 rings (SSSR count). The lowest BCUT2D eigenvalue weighted by Crippen LogP contribution is -2.58. The molecule has 20 heavy (non-hydrogen) atoms. The van der Waals surface area contributed by atoms with E-state index in [2.05, 4.69) is 36.5 Å². The van der Waals surface area contributed by atoms with Crippen LogP contribution in [-0.4, -0.2) is 13.1 Å². The van der Waals surface area contributed by atoms with E-state index in [-0.39, 0.29) is 11.2 Å². The topological polar surface area (TPSA) is 12.0 Å². The molecule has 0 unspecified atom stereocenters. The highest BCUT2D eigenvalue weighted by Gasteiger charge is 2.39. The first-order valence-electron chi connectivity index (χ1n) is 6.81. The van der Waals surface area contributed by atoms with Gasteiger partial charge in [-0.2, -0.15) is 0 Å². The first-order chi connectivity index (χ1) is 9.61. The molecule has 1 aliphatic heterocycles. The predicted molar refractivity (Wildman–Crippen MR) is 80.8 cm³/mol. The van der Waals surface area contributed by atoms with Crippen molar-refractivity contribution < 1.29 is 4.39 Å².